The maximum atomic E-state index is 13.4. The number of alkyl halides is 2. The number of fused-ring (bicyclic) bond motifs is 1. The van der Waals surface area contributed by atoms with Gasteiger partial charge < -0.3 is 5.11 Å². The Labute approximate surface area is 109 Å². The molecule has 2 aromatic heterocycles. The van der Waals surface area contributed by atoms with Gasteiger partial charge in [-0.2, -0.15) is 0 Å². The van der Waals surface area contributed by atoms with Gasteiger partial charge in [-0.1, -0.05) is 11.6 Å². The van der Waals surface area contributed by atoms with Crippen LogP contribution in [0.25, 0.3) is 11.0 Å². The molecule has 0 aromatic carbocycles. The lowest BCUT2D eigenvalue weighted by Gasteiger charge is -2.11. The summed E-state index contributed by atoms with van der Waals surface area (Å²) in [5, 5.41) is 7.94. The molecule has 0 spiro atoms. The molecular formula is C11H6ClF3N2O2. The van der Waals surface area contributed by atoms with Gasteiger partial charge >= 0.3 is 5.97 Å². The lowest BCUT2D eigenvalue weighted by molar-refractivity contribution is 0.0685. The second kappa shape index (κ2) is 4.65. The molecule has 100 valence electrons. The predicted octanol–water partition coefficient (Wildman–Crippen LogP) is 3.37. The number of aromatic carboxylic acids is 1. The molecule has 19 heavy (non-hydrogen) atoms. The van der Waals surface area contributed by atoms with Crippen LogP contribution in [0.2, 0.25) is 5.15 Å². The summed E-state index contributed by atoms with van der Waals surface area (Å²) in [5.41, 5.74) is -1.98. The van der Waals surface area contributed by atoms with Crippen molar-refractivity contribution in [2.45, 2.75) is 13.3 Å². The minimum absolute atomic E-state index is 0.0423. The molecule has 0 aliphatic carbocycles. The highest BCUT2D eigenvalue weighted by Gasteiger charge is 2.26. The quantitative estimate of drug-likeness (QED) is 0.861. The molecule has 4 nitrogen and oxygen atoms in total. The van der Waals surface area contributed by atoms with Crippen molar-refractivity contribution in [2.24, 2.45) is 0 Å². The second-order valence-corrected chi connectivity index (χ2v) is 4.08. The Kier molecular flexibility index (Phi) is 3.32. The van der Waals surface area contributed by atoms with Crippen LogP contribution < -0.4 is 0 Å². The zero-order valence-corrected chi connectivity index (χ0v) is 10.2. The smallest absolute Gasteiger partial charge is 0.339 e. The molecular weight excluding hydrogens is 285 g/mol. The Morgan fingerprint density at radius 1 is 1.42 bits per heavy atom. The van der Waals surface area contributed by atoms with Crippen LogP contribution in [0.15, 0.2) is 6.07 Å². The summed E-state index contributed by atoms with van der Waals surface area (Å²) in [6, 6.07) is 0.787. The van der Waals surface area contributed by atoms with E-state index in [1.54, 1.807) is 0 Å². The molecule has 8 heteroatoms. The number of aryl methyl sites for hydroxylation is 1. The van der Waals surface area contributed by atoms with E-state index in [4.69, 9.17) is 16.7 Å². The first-order chi connectivity index (χ1) is 8.82. The van der Waals surface area contributed by atoms with Gasteiger partial charge in [-0.25, -0.2) is 27.9 Å². The topological polar surface area (TPSA) is 63.1 Å². The van der Waals surface area contributed by atoms with E-state index in [0.29, 0.717) is 0 Å². The highest BCUT2D eigenvalue weighted by Crippen LogP contribution is 2.33. The highest BCUT2D eigenvalue weighted by atomic mass is 35.5. The summed E-state index contributed by atoms with van der Waals surface area (Å²) in [6.45, 7) is 1.33. The molecule has 2 rings (SSSR count). The van der Waals surface area contributed by atoms with E-state index in [2.05, 4.69) is 9.97 Å². The fraction of sp³-hybridized carbons (Fsp3) is 0.182. The molecule has 0 saturated heterocycles. The number of carbonyl (C=O) groups is 1. The number of halogens is 4. The standard InChI is InChI=1S/C11H6ClF3N2O2/c1-3-5(13)2-4-6(9(14)15)7(11(18)19)8(12)17-10(4)16-3/h2,9H,1H3,(H,18,19). The first-order valence-electron chi connectivity index (χ1n) is 5.00. The van der Waals surface area contributed by atoms with Gasteiger partial charge in [0.1, 0.15) is 16.5 Å². The lowest BCUT2D eigenvalue weighted by Crippen LogP contribution is -2.08. The van der Waals surface area contributed by atoms with E-state index in [1.165, 1.54) is 6.92 Å². The molecule has 0 aliphatic heterocycles. The van der Waals surface area contributed by atoms with E-state index < -0.39 is 34.5 Å². The molecule has 0 amide bonds. The Hall–Kier alpha value is -1.89. The van der Waals surface area contributed by atoms with Crippen molar-refractivity contribution in [3.63, 3.8) is 0 Å². The van der Waals surface area contributed by atoms with Crippen LogP contribution in [0.5, 0.6) is 0 Å². The number of carboxylic acids is 1. The highest BCUT2D eigenvalue weighted by molar-refractivity contribution is 6.33. The van der Waals surface area contributed by atoms with Crippen LogP contribution in [0.1, 0.15) is 28.0 Å². The molecule has 2 aromatic rings. The van der Waals surface area contributed by atoms with Crippen LogP contribution in [-0.4, -0.2) is 21.0 Å². The minimum Gasteiger partial charge on any atom is -0.478 e. The molecule has 1 N–H and O–H groups in total. The van der Waals surface area contributed by atoms with Gasteiger partial charge in [0.15, 0.2) is 5.65 Å². The summed E-state index contributed by atoms with van der Waals surface area (Å²) in [5.74, 6) is -2.48. The molecule has 0 fully saturated rings. The van der Waals surface area contributed by atoms with Gasteiger partial charge in [-0.15, -0.1) is 0 Å². The maximum Gasteiger partial charge on any atom is 0.339 e. The molecule has 0 radical (unpaired) electrons. The normalized spacial score (nSPS) is 11.3. The van der Waals surface area contributed by atoms with Gasteiger partial charge in [-0.05, 0) is 13.0 Å². The van der Waals surface area contributed by atoms with Crippen LogP contribution in [0.4, 0.5) is 13.2 Å². The number of aromatic nitrogens is 2. The van der Waals surface area contributed by atoms with Crippen molar-refractivity contribution in [2.75, 3.05) is 0 Å². The summed E-state index contributed by atoms with van der Waals surface area (Å²) < 4.78 is 39.5. The minimum atomic E-state index is -3.14. The van der Waals surface area contributed by atoms with Crippen LogP contribution in [0, 0.1) is 12.7 Å². The number of hydrogen-bond acceptors (Lipinski definition) is 3. The van der Waals surface area contributed by atoms with Crippen molar-refractivity contribution in [1.82, 2.24) is 9.97 Å². The van der Waals surface area contributed by atoms with Gasteiger partial charge in [0.2, 0.25) is 0 Å². The summed E-state index contributed by atoms with van der Waals surface area (Å²) in [6.07, 6.45) is -3.14. The van der Waals surface area contributed by atoms with Gasteiger partial charge in [0.05, 0.1) is 5.69 Å². The van der Waals surface area contributed by atoms with Gasteiger partial charge in [0, 0.05) is 10.9 Å². The predicted molar refractivity (Wildman–Crippen MR) is 61.2 cm³/mol. The second-order valence-electron chi connectivity index (χ2n) is 3.72. The fourth-order valence-electron chi connectivity index (χ4n) is 1.68. The zero-order chi connectivity index (χ0) is 14.3. The van der Waals surface area contributed by atoms with E-state index in [-0.39, 0.29) is 16.7 Å². The Balaban J connectivity index is 2.98. The molecule has 0 unspecified atom stereocenters. The summed E-state index contributed by atoms with van der Waals surface area (Å²) in [4.78, 5) is 18.3. The van der Waals surface area contributed by atoms with E-state index >= 15 is 0 Å². The molecule has 0 atom stereocenters. The molecule has 0 saturated carbocycles. The average molecular weight is 291 g/mol. The summed E-state index contributed by atoms with van der Waals surface area (Å²) >= 11 is 5.58. The van der Waals surface area contributed by atoms with E-state index in [1.807, 2.05) is 0 Å². The van der Waals surface area contributed by atoms with E-state index in [9.17, 15) is 18.0 Å². The van der Waals surface area contributed by atoms with Crippen LogP contribution in [0.3, 0.4) is 0 Å². The Morgan fingerprint density at radius 3 is 2.58 bits per heavy atom. The van der Waals surface area contributed by atoms with Crippen LogP contribution in [-0.2, 0) is 0 Å². The third kappa shape index (κ3) is 2.21. The van der Waals surface area contributed by atoms with Gasteiger partial charge in [0.25, 0.3) is 6.43 Å². The van der Waals surface area contributed by atoms with Crippen molar-refractivity contribution in [3.8, 4) is 0 Å². The first kappa shape index (κ1) is 13.5. The molecule has 0 aliphatic rings. The third-order valence-corrected chi connectivity index (χ3v) is 2.81. The molecule has 0 bridgehead atoms. The average Bonchev–Trinajstić information content (AvgIpc) is 2.29. The number of nitrogens with zero attached hydrogens (tertiary/aromatic N) is 2. The largest absolute Gasteiger partial charge is 0.478 e. The number of rotatable bonds is 2. The fourth-order valence-corrected chi connectivity index (χ4v) is 1.94. The van der Waals surface area contributed by atoms with Crippen molar-refractivity contribution >= 4 is 28.6 Å². The summed E-state index contributed by atoms with van der Waals surface area (Å²) in [7, 11) is 0. The maximum absolute atomic E-state index is 13.4. The SMILES string of the molecule is Cc1nc2nc(Cl)c(C(=O)O)c(C(F)F)c2cc1F. The van der Waals surface area contributed by atoms with Crippen molar-refractivity contribution in [1.29, 1.82) is 0 Å². The number of pyridine rings is 2. The molecule has 2 heterocycles. The first-order valence-corrected chi connectivity index (χ1v) is 5.38. The monoisotopic (exact) mass is 290 g/mol. The Bertz CT molecular complexity index is 691. The van der Waals surface area contributed by atoms with Crippen molar-refractivity contribution in [3.05, 3.63) is 33.9 Å². The van der Waals surface area contributed by atoms with E-state index in [0.717, 1.165) is 6.07 Å². The van der Waals surface area contributed by atoms with Crippen LogP contribution >= 0.6 is 11.6 Å². The Morgan fingerprint density at radius 2 is 2.05 bits per heavy atom. The van der Waals surface area contributed by atoms with Crippen molar-refractivity contribution < 1.29 is 23.1 Å². The van der Waals surface area contributed by atoms with Gasteiger partial charge in [-0.3, -0.25) is 0 Å². The zero-order valence-electron chi connectivity index (χ0n) is 9.42. The number of hydrogen-bond donors (Lipinski definition) is 1. The third-order valence-electron chi connectivity index (χ3n) is 2.53. The lowest BCUT2D eigenvalue weighted by atomic mass is 10.1. The number of carboxylic acid groups (broad SMARTS) is 1.